The summed E-state index contributed by atoms with van der Waals surface area (Å²) < 4.78 is 26.1. The monoisotopic (exact) mass is 300 g/mol. The van der Waals surface area contributed by atoms with Gasteiger partial charge in [-0.2, -0.15) is 4.31 Å². The number of rotatable bonds is 5. The number of hydrogen-bond donors (Lipinski definition) is 1. The second-order valence-electron chi connectivity index (χ2n) is 4.68. The van der Waals surface area contributed by atoms with Crippen LogP contribution in [0.1, 0.15) is 6.42 Å². The van der Waals surface area contributed by atoms with Crippen molar-refractivity contribution in [1.29, 1.82) is 0 Å². The smallest absolute Gasteiger partial charge is 0.358 e. The van der Waals surface area contributed by atoms with E-state index in [0.717, 1.165) is 25.2 Å². The molecule has 2 rings (SSSR count). The van der Waals surface area contributed by atoms with E-state index >= 15 is 0 Å². The number of aromatic nitrogens is 1. The van der Waals surface area contributed by atoms with Gasteiger partial charge in [-0.1, -0.05) is 0 Å². The van der Waals surface area contributed by atoms with Gasteiger partial charge in [-0.15, -0.1) is 0 Å². The van der Waals surface area contributed by atoms with Crippen LogP contribution in [0.25, 0.3) is 0 Å². The summed E-state index contributed by atoms with van der Waals surface area (Å²) in [5, 5.41) is 13.5. The Labute approximate surface area is 117 Å². The lowest BCUT2D eigenvalue weighted by atomic mass is 10.1. The normalized spacial score (nSPS) is 20.1. The van der Waals surface area contributed by atoms with Crippen LogP contribution in [-0.4, -0.2) is 49.3 Å². The Balaban J connectivity index is 2.16. The third-order valence-corrected chi connectivity index (χ3v) is 5.14. The van der Waals surface area contributed by atoms with Crippen molar-refractivity contribution in [2.75, 3.05) is 26.7 Å². The first-order chi connectivity index (χ1) is 9.45. The van der Waals surface area contributed by atoms with Crippen molar-refractivity contribution in [3.05, 3.63) is 28.4 Å². The van der Waals surface area contributed by atoms with Crippen LogP contribution in [0, 0.1) is 16.0 Å². The van der Waals surface area contributed by atoms with Crippen molar-refractivity contribution in [2.45, 2.75) is 11.3 Å². The van der Waals surface area contributed by atoms with Gasteiger partial charge in [0.25, 0.3) is 0 Å². The first-order valence-electron chi connectivity index (χ1n) is 6.20. The Morgan fingerprint density at radius 1 is 1.55 bits per heavy atom. The molecule has 0 bridgehead atoms. The van der Waals surface area contributed by atoms with Gasteiger partial charge in [0.15, 0.2) is 6.20 Å². The number of nitrogens with zero attached hydrogens (tertiary/aromatic N) is 3. The number of nitro groups is 1. The maximum Gasteiger partial charge on any atom is 0.363 e. The van der Waals surface area contributed by atoms with Gasteiger partial charge in [0.1, 0.15) is 4.90 Å². The molecule has 0 aliphatic carbocycles. The fourth-order valence-electron chi connectivity index (χ4n) is 2.25. The fourth-order valence-corrected chi connectivity index (χ4v) is 3.73. The maximum atomic E-state index is 12.4. The number of nitrogens with one attached hydrogen (secondary N) is 1. The molecule has 0 saturated carbocycles. The Morgan fingerprint density at radius 2 is 2.30 bits per heavy atom. The van der Waals surface area contributed by atoms with Crippen LogP contribution in [0.15, 0.2) is 23.2 Å². The molecule has 1 fully saturated rings. The molecule has 0 spiro atoms. The highest BCUT2D eigenvalue weighted by molar-refractivity contribution is 7.89. The van der Waals surface area contributed by atoms with E-state index in [1.807, 2.05) is 7.05 Å². The topological polar surface area (TPSA) is 105 Å². The summed E-state index contributed by atoms with van der Waals surface area (Å²) in [6, 6.07) is 2.33. The highest BCUT2D eigenvalue weighted by Crippen LogP contribution is 2.24. The molecule has 0 amide bonds. The van der Waals surface area contributed by atoms with Crippen molar-refractivity contribution in [1.82, 2.24) is 14.6 Å². The molecular weight excluding hydrogens is 284 g/mol. The molecule has 2 heterocycles. The zero-order valence-corrected chi connectivity index (χ0v) is 11.8. The molecule has 9 heteroatoms. The molecule has 1 saturated heterocycles. The van der Waals surface area contributed by atoms with Crippen molar-refractivity contribution in [2.24, 2.45) is 5.92 Å². The van der Waals surface area contributed by atoms with Crippen LogP contribution >= 0.6 is 0 Å². The lowest BCUT2D eigenvalue weighted by Crippen LogP contribution is -2.30. The summed E-state index contributed by atoms with van der Waals surface area (Å²) in [6.07, 6.45) is 1.85. The fraction of sp³-hybridized carbons (Fsp3) is 0.545. The molecule has 1 aliphatic heterocycles. The van der Waals surface area contributed by atoms with Crippen LogP contribution < -0.4 is 5.32 Å². The van der Waals surface area contributed by atoms with Gasteiger partial charge in [-0.05, 0) is 41.9 Å². The minimum atomic E-state index is -3.61. The third-order valence-electron chi connectivity index (χ3n) is 3.29. The zero-order chi connectivity index (χ0) is 14.8. The van der Waals surface area contributed by atoms with E-state index in [2.05, 4.69) is 10.3 Å². The standard InChI is InChI=1S/C11H16N4O4S/c1-12-6-9-4-5-14(8-9)20(18,19)10-2-3-11(13-7-10)15(16)17/h2-3,7,9,12H,4-6,8H2,1H3. The van der Waals surface area contributed by atoms with E-state index in [9.17, 15) is 18.5 Å². The predicted molar refractivity (Wildman–Crippen MR) is 71.7 cm³/mol. The molecule has 8 nitrogen and oxygen atoms in total. The molecule has 1 unspecified atom stereocenters. The average molecular weight is 300 g/mol. The molecule has 110 valence electrons. The van der Waals surface area contributed by atoms with Crippen LogP contribution in [0.2, 0.25) is 0 Å². The first kappa shape index (κ1) is 14.8. The van der Waals surface area contributed by atoms with E-state index in [-0.39, 0.29) is 10.7 Å². The van der Waals surface area contributed by atoms with Gasteiger partial charge in [-0.3, -0.25) is 0 Å². The summed E-state index contributed by atoms with van der Waals surface area (Å²) in [6.45, 7) is 1.69. The first-order valence-corrected chi connectivity index (χ1v) is 7.64. The molecule has 0 radical (unpaired) electrons. The second kappa shape index (κ2) is 5.81. The summed E-state index contributed by atoms with van der Waals surface area (Å²) in [5.41, 5.74) is 0. The maximum absolute atomic E-state index is 12.4. The van der Waals surface area contributed by atoms with Crippen LogP contribution in [0.5, 0.6) is 0 Å². The summed E-state index contributed by atoms with van der Waals surface area (Å²) in [4.78, 5) is 13.4. The largest absolute Gasteiger partial charge is 0.363 e. The Kier molecular flexibility index (Phi) is 4.31. The molecule has 20 heavy (non-hydrogen) atoms. The van der Waals surface area contributed by atoms with Crippen LogP contribution in [0.3, 0.4) is 0 Å². The van der Waals surface area contributed by atoms with Crippen molar-refractivity contribution in [3.8, 4) is 0 Å². The quantitative estimate of drug-likeness (QED) is 0.616. The van der Waals surface area contributed by atoms with E-state index in [1.54, 1.807) is 0 Å². The number of pyridine rings is 1. The summed E-state index contributed by atoms with van der Waals surface area (Å²) >= 11 is 0. The summed E-state index contributed by atoms with van der Waals surface area (Å²) in [7, 11) is -1.78. The Bertz CT molecular complexity index is 587. The molecule has 1 atom stereocenters. The van der Waals surface area contributed by atoms with E-state index < -0.39 is 14.9 Å². The lowest BCUT2D eigenvalue weighted by molar-refractivity contribution is -0.389. The molecule has 1 aromatic heterocycles. The van der Waals surface area contributed by atoms with Gasteiger partial charge in [0.05, 0.1) is 0 Å². The molecule has 1 aliphatic rings. The van der Waals surface area contributed by atoms with Gasteiger partial charge >= 0.3 is 5.82 Å². The third kappa shape index (κ3) is 2.94. The highest BCUT2D eigenvalue weighted by atomic mass is 32.2. The average Bonchev–Trinajstić information content (AvgIpc) is 2.88. The zero-order valence-electron chi connectivity index (χ0n) is 11.0. The van der Waals surface area contributed by atoms with Gasteiger partial charge < -0.3 is 15.4 Å². The number of sulfonamides is 1. The molecule has 1 aromatic rings. The number of hydrogen-bond acceptors (Lipinski definition) is 6. The van der Waals surface area contributed by atoms with Crippen molar-refractivity contribution in [3.63, 3.8) is 0 Å². The van der Waals surface area contributed by atoms with Gasteiger partial charge in [0.2, 0.25) is 10.0 Å². The predicted octanol–water partition coefficient (Wildman–Crippen LogP) is 0.220. The van der Waals surface area contributed by atoms with Gasteiger partial charge in [0, 0.05) is 19.2 Å². The van der Waals surface area contributed by atoms with E-state index in [4.69, 9.17) is 0 Å². The Morgan fingerprint density at radius 3 is 2.85 bits per heavy atom. The van der Waals surface area contributed by atoms with Crippen LogP contribution in [-0.2, 0) is 10.0 Å². The SMILES string of the molecule is CNCC1CCN(S(=O)(=O)c2ccc([N+](=O)[O-])nc2)C1. The van der Waals surface area contributed by atoms with E-state index in [1.165, 1.54) is 10.4 Å². The minimum Gasteiger partial charge on any atom is -0.358 e. The van der Waals surface area contributed by atoms with Gasteiger partial charge in [-0.25, -0.2) is 8.42 Å². The van der Waals surface area contributed by atoms with E-state index in [0.29, 0.717) is 19.0 Å². The molecule has 1 N–H and O–H groups in total. The Hall–Kier alpha value is -1.58. The highest BCUT2D eigenvalue weighted by Gasteiger charge is 2.33. The van der Waals surface area contributed by atoms with Crippen molar-refractivity contribution < 1.29 is 13.3 Å². The lowest BCUT2D eigenvalue weighted by Gasteiger charge is -2.15. The molecular formula is C11H16N4O4S. The second-order valence-corrected chi connectivity index (χ2v) is 6.62. The molecule has 0 aromatic carbocycles. The van der Waals surface area contributed by atoms with Crippen molar-refractivity contribution >= 4 is 15.8 Å². The summed E-state index contributed by atoms with van der Waals surface area (Å²) in [5.74, 6) is -0.0702. The minimum absolute atomic E-state index is 0.00629. The van der Waals surface area contributed by atoms with Crippen LogP contribution in [0.4, 0.5) is 5.82 Å².